The lowest BCUT2D eigenvalue weighted by Gasteiger charge is -2.13. The molecule has 0 atom stereocenters. The molecular weight excluding hydrogens is 560 g/mol. The van der Waals surface area contributed by atoms with Crippen molar-refractivity contribution < 1.29 is 9.53 Å². The summed E-state index contributed by atoms with van der Waals surface area (Å²) in [6.45, 7) is 2.49. The number of fused-ring (bicyclic) bond motifs is 3. The van der Waals surface area contributed by atoms with Crippen LogP contribution in [0.2, 0.25) is 0 Å². The van der Waals surface area contributed by atoms with E-state index in [1.165, 1.54) is 16.6 Å². The van der Waals surface area contributed by atoms with E-state index in [1.54, 1.807) is 22.1 Å². The van der Waals surface area contributed by atoms with Crippen LogP contribution in [0.25, 0.3) is 15.9 Å². The molecule has 184 valence electrons. The van der Waals surface area contributed by atoms with Gasteiger partial charge in [-0.15, -0.1) is 11.3 Å². The Bertz CT molecular complexity index is 1510. The Labute approximate surface area is 224 Å². The van der Waals surface area contributed by atoms with Gasteiger partial charge < -0.3 is 4.74 Å². The van der Waals surface area contributed by atoms with E-state index in [0.29, 0.717) is 22.8 Å². The topological polar surface area (TPSA) is 85.6 Å². The molecule has 7 nitrogen and oxygen atoms in total. The van der Waals surface area contributed by atoms with Crippen LogP contribution in [0, 0.1) is 0 Å². The number of ether oxygens (including phenoxy) is 1. The van der Waals surface area contributed by atoms with Crippen molar-refractivity contribution in [2.45, 2.75) is 31.3 Å². The lowest BCUT2D eigenvalue weighted by Crippen LogP contribution is -2.24. The van der Waals surface area contributed by atoms with Gasteiger partial charge in [-0.05, 0) is 62.1 Å². The van der Waals surface area contributed by atoms with Gasteiger partial charge in [0.1, 0.15) is 10.6 Å². The molecule has 2 aromatic heterocycles. The highest BCUT2D eigenvalue weighted by Crippen LogP contribution is 2.36. The third-order valence-electron chi connectivity index (χ3n) is 5.74. The maximum Gasteiger partial charge on any atom is 0.267 e. The second-order valence-corrected chi connectivity index (χ2v) is 11.0. The molecule has 1 N–H and O–H groups in total. The summed E-state index contributed by atoms with van der Waals surface area (Å²) in [5, 5.41) is 5.23. The second-order valence-electron chi connectivity index (χ2n) is 8.10. The highest BCUT2D eigenvalue weighted by Gasteiger charge is 2.24. The Morgan fingerprint density at radius 1 is 1.25 bits per heavy atom. The number of nitrogens with zero attached hydrogens (tertiary/aromatic N) is 3. The third kappa shape index (κ3) is 5.11. The van der Waals surface area contributed by atoms with Gasteiger partial charge in [0.2, 0.25) is 0 Å². The lowest BCUT2D eigenvalue weighted by atomic mass is 10.2. The zero-order chi connectivity index (χ0) is 25.1. The minimum absolute atomic E-state index is 0.0629. The maximum atomic E-state index is 13.7. The Morgan fingerprint density at radius 3 is 2.83 bits per heavy atom. The number of hydrazone groups is 1. The van der Waals surface area contributed by atoms with Crippen LogP contribution in [0.5, 0.6) is 5.75 Å². The number of aromatic nitrogens is 2. The average molecular weight is 584 g/mol. The van der Waals surface area contributed by atoms with Crippen LogP contribution >= 0.6 is 39.0 Å². The largest absolute Gasteiger partial charge is 0.494 e. The summed E-state index contributed by atoms with van der Waals surface area (Å²) < 4.78 is 8.04. The number of hydrogen-bond donors (Lipinski definition) is 1. The van der Waals surface area contributed by atoms with Gasteiger partial charge in [-0.3, -0.25) is 14.2 Å². The van der Waals surface area contributed by atoms with E-state index in [-0.39, 0.29) is 17.2 Å². The van der Waals surface area contributed by atoms with Crippen LogP contribution in [0.15, 0.2) is 68.1 Å². The normalized spacial score (nSPS) is 12.8. The molecule has 10 heteroatoms. The molecule has 0 radical (unpaired) electrons. The summed E-state index contributed by atoms with van der Waals surface area (Å²) >= 11 is 6.26. The zero-order valence-corrected chi connectivity index (χ0v) is 22.7. The number of thioether (sulfide) groups is 1. The van der Waals surface area contributed by atoms with Gasteiger partial charge >= 0.3 is 0 Å². The highest BCUT2D eigenvalue weighted by molar-refractivity contribution is 9.10. The van der Waals surface area contributed by atoms with Gasteiger partial charge in [0.15, 0.2) is 5.16 Å². The van der Waals surface area contributed by atoms with E-state index in [2.05, 4.69) is 26.5 Å². The van der Waals surface area contributed by atoms with Crippen molar-refractivity contribution in [3.63, 3.8) is 0 Å². The number of carbonyl (C=O) groups is 1. The quantitative estimate of drug-likeness (QED) is 0.131. The first-order valence-corrected chi connectivity index (χ1v) is 14.1. The second kappa shape index (κ2) is 11.0. The van der Waals surface area contributed by atoms with E-state index in [4.69, 9.17) is 9.72 Å². The number of carbonyl (C=O) groups excluding carboxylic acids is 1. The molecule has 0 saturated carbocycles. The minimum atomic E-state index is -0.287. The lowest BCUT2D eigenvalue weighted by molar-refractivity contribution is -0.118. The molecule has 2 heterocycles. The van der Waals surface area contributed by atoms with Crippen molar-refractivity contribution in [1.82, 2.24) is 15.0 Å². The zero-order valence-electron chi connectivity index (χ0n) is 19.5. The summed E-state index contributed by atoms with van der Waals surface area (Å²) in [4.78, 5) is 33.1. The SMILES string of the molecule is CCOc1ccc(-n2c(SCC(=O)NN=Cc3ccccc3Br)nc3sc4c(c3c2=O)CCC4)cc1. The molecule has 0 unspecified atom stereocenters. The summed E-state index contributed by atoms with van der Waals surface area (Å²) in [5.41, 5.74) is 5.12. The summed E-state index contributed by atoms with van der Waals surface area (Å²) in [7, 11) is 0. The van der Waals surface area contributed by atoms with Crippen LogP contribution < -0.4 is 15.7 Å². The van der Waals surface area contributed by atoms with Gasteiger partial charge in [0, 0.05) is 14.9 Å². The van der Waals surface area contributed by atoms with Crippen molar-refractivity contribution >= 4 is 61.4 Å². The number of amides is 1. The predicted octanol–water partition coefficient (Wildman–Crippen LogP) is 5.34. The number of rotatable bonds is 8. The smallest absolute Gasteiger partial charge is 0.267 e. The summed E-state index contributed by atoms with van der Waals surface area (Å²) in [5.74, 6) is 0.508. The minimum Gasteiger partial charge on any atom is -0.494 e. The average Bonchev–Trinajstić information content (AvgIpc) is 3.46. The van der Waals surface area contributed by atoms with Crippen molar-refractivity contribution in [2.75, 3.05) is 12.4 Å². The molecule has 5 rings (SSSR count). The van der Waals surface area contributed by atoms with Crippen LogP contribution in [-0.4, -0.2) is 34.0 Å². The van der Waals surface area contributed by atoms with E-state index in [0.717, 1.165) is 45.4 Å². The number of nitrogens with one attached hydrogen (secondary N) is 1. The Morgan fingerprint density at radius 2 is 2.06 bits per heavy atom. The van der Waals surface area contributed by atoms with Crippen molar-refractivity contribution in [1.29, 1.82) is 0 Å². The number of thiophene rings is 1. The van der Waals surface area contributed by atoms with Crippen molar-refractivity contribution in [3.05, 3.63) is 79.4 Å². The fourth-order valence-corrected chi connectivity index (χ4v) is 6.62. The fourth-order valence-electron chi connectivity index (χ4n) is 4.12. The molecule has 0 saturated heterocycles. The molecule has 0 aliphatic heterocycles. The van der Waals surface area contributed by atoms with Gasteiger partial charge in [-0.1, -0.05) is 45.9 Å². The fraction of sp³-hybridized carbons (Fsp3) is 0.231. The first-order valence-electron chi connectivity index (χ1n) is 11.5. The highest BCUT2D eigenvalue weighted by atomic mass is 79.9. The Hall–Kier alpha value is -2.95. The van der Waals surface area contributed by atoms with Crippen LogP contribution in [0.1, 0.15) is 29.3 Å². The maximum absolute atomic E-state index is 13.7. The molecule has 1 amide bonds. The Kier molecular flexibility index (Phi) is 7.54. The van der Waals surface area contributed by atoms with Gasteiger partial charge in [-0.2, -0.15) is 5.10 Å². The van der Waals surface area contributed by atoms with E-state index < -0.39 is 0 Å². The van der Waals surface area contributed by atoms with E-state index >= 15 is 0 Å². The van der Waals surface area contributed by atoms with Gasteiger partial charge in [0.25, 0.3) is 11.5 Å². The molecule has 2 aromatic carbocycles. The molecule has 4 aromatic rings. The van der Waals surface area contributed by atoms with Gasteiger partial charge in [-0.25, -0.2) is 10.4 Å². The third-order valence-corrected chi connectivity index (χ3v) is 8.59. The molecule has 1 aliphatic carbocycles. The van der Waals surface area contributed by atoms with Crippen molar-refractivity contribution in [3.8, 4) is 11.4 Å². The summed E-state index contributed by atoms with van der Waals surface area (Å²) in [6, 6.07) is 15.0. The summed E-state index contributed by atoms with van der Waals surface area (Å²) in [6.07, 6.45) is 4.54. The Balaban J connectivity index is 1.42. The van der Waals surface area contributed by atoms with Crippen LogP contribution in [-0.2, 0) is 17.6 Å². The van der Waals surface area contributed by atoms with Crippen LogP contribution in [0.3, 0.4) is 0 Å². The number of hydrogen-bond acceptors (Lipinski definition) is 7. The van der Waals surface area contributed by atoms with Gasteiger partial charge in [0.05, 0.1) is 29.6 Å². The molecule has 0 bridgehead atoms. The number of benzene rings is 2. The molecular formula is C26H23BrN4O3S2. The molecule has 1 aliphatic rings. The van der Waals surface area contributed by atoms with E-state index in [1.807, 2.05) is 55.5 Å². The molecule has 0 fully saturated rings. The standard InChI is InChI=1S/C26H23BrN4O3S2/c1-2-34-18-12-10-17(11-13-18)31-25(33)23-19-7-5-9-21(19)36-24(23)29-26(31)35-15-22(32)30-28-14-16-6-3-4-8-20(16)27/h3-4,6,8,10-14H,2,5,7,9,15H2,1H3,(H,30,32). The van der Waals surface area contributed by atoms with Crippen molar-refractivity contribution in [2.24, 2.45) is 5.10 Å². The predicted molar refractivity (Wildman–Crippen MR) is 149 cm³/mol. The van der Waals surface area contributed by atoms with Crippen LogP contribution in [0.4, 0.5) is 0 Å². The monoisotopic (exact) mass is 582 g/mol. The first kappa shape index (κ1) is 24.7. The number of halogens is 1. The van der Waals surface area contributed by atoms with E-state index in [9.17, 15) is 9.59 Å². The first-order chi connectivity index (χ1) is 17.5. The molecule has 36 heavy (non-hydrogen) atoms. The molecule has 0 spiro atoms. The number of aryl methyl sites for hydroxylation is 2.